The topological polar surface area (TPSA) is 9.23 Å². The van der Waals surface area contributed by atoms with Gasteiger partial charge in [0, 0.05) is 16.4 Å². The zero-order chi connectivity index (χ0) is 24.6. The fourth-order valence-electron chi connectivity index (χ4n) is 6.52. The molecule has 0 bridgehead atoms. The molecular weight excluding hydrogens is 448 g/mol. The van der Waals surface area contributed by atoms with Gasteiger partial charge in [-0.1, -0.05) is 97.1 Å². The smallest absolute Gasteiger partial charge is 0.135 e. The van der Waals surface area contributed by atoms with Gasteiger partial charge >= 0.3 is 0 Å². The summed E-state index contributed by atoms with van der Waals surface area (Å²) in [6.07, 6.45) is 0. The quantitative estimate of drug-likeness (QED) is 0.243. The van der Waals surface area contributed by atoms with Crippen LogP contribution in [0.3, 0.4) is 0 Å². The Morgan fingerprint density at radius 2 is 1.19 bits per heavy atom. The number of hydrogen-bond donors (Lipinski definition) is 0. The summed E-state index contributed by atoms with van der Waals surface area (Å²) in [5, 5.41) is 2.39. The summed E-state index contributed by atoms with van der Waals surface area (Å²) in [4.78, 5) is 0. The molecule has 0 saturated carbocycles. The molecule has 1 nitrogen and oxygen atoms in total. The van der Waals surface area contributed by atoms with Gasteiger partial charge < -0.3 is 4.74 Å². The Bertz CT molecular complexity index is 1860. The standard InChI is InChI=1S/C36H24O/c1-36(26-11-3-2-4-12-26)31-15-7-5-13-27(31)29-21-23(18-19-32(29)36)25-20-24-10-9-17-34-35(24)30(22-25)28-14-6-8-16-33(28)37-34/h2-22H,1H3. The van der Waals surface area contributed by atoms with E-state index >= 15 is 0 Å². The summed E-state index contributed by atoms with van der Waals surface area (Å²) >= 11 is 0. The van der Waals surface area contributed by atoms with E-state index in [4.69, 9.17) is 4.74 Å². The van der Waals surface area contributed by atoms with Crippen LogP contribution in [0, 0.1) is 0 Å². The van der Waals surface area contributed by atoms with Crippen LogP contribution in [-0.2, 0) is 5.41 Å². The molecule has 1 aliphatic carbocycles. The third-order valence-electron chi connectivity index (χ3n) is 8.33. The number of benzene rings is 6. The largest absolute Gasteiger partial charge is 0.456 e. The summed E-state index contributed by atoms with van der Waals surface area (Å²) in [5.41, 5.74) is 11.4. The molecule has 0 spiro atoms. The lowest BCUT2D eigenvalue weighted by Crippen LogP contribution is -2.22. The van der Waals surface area contributed by atoms with Gasteiger partial charge in [-0.2, -0.15) is 0 Å². The van der Waals surface area contributed by atoms with Crippen molar-refractivity contribution in [2.45, 2.75) is 12.3 Å². The summed E-state index contributed by atoms with van der Waals surface area (Å²) in [5.74, 6) is 1.85. The Balaban J connectivity index is 1.36. The number of hydrogen-bond acceptors (Lipinski definition) is 1. The molecule has 37 heavy (non-hydrogen) atoms. The Labute approximate surface area is 216 Å². The molecule has 0 amide bonds. The van der Waals surface area contributed by atoms with Crippen LogP contribution >= 0.6 is 0 Å². The Hall–Kier alpha value is -4.62. The SMILES string of the molecule is CC1(c2ccccc2)c2ccccc2-c2cc(-c3cc4c5c(cccc5c3)Oc3ccccc3-4)ccc21. The van der Waals surface area contributed by atoms with Gasteiger partial charge in [-0.25, -0.2) is 0 Å². The molecule has 1 aliphatic heterocycles. The third kappa shape index (κ3) is 2.80. The van der Waals surface area contributed by atoms with E-state index in [1.54, 1.807) is 0 Å². The molecular formula is C36H24O. The molecule has 0 fully saturated rings. The predicted molar refractivity (Wildman–Crippen MR) is 152 cm³/mol. The first kappa shape index (κ1) is 20.6. The molecule has 6 aromatic rings. The minimum absolute atomic E-state index is 0.174. The average molecular weight is 473 g/mol. The second-order valence-electron chi connectivity index (χ2n) is 10.3. The number of ether oxygens (including phenoxy) is 1. The van der Waals surface area contributed by atoms with Crippen molar-refractivity contribution >= 4 is 10.8 Å². The number of rotatable bonds is 2. The summed E-state index contributed by atoms with van der Waals surface area (Å²) < 4.78 is 6.26. The van der Waals surface area contributed by atoms with Gasteiger partial charge in [-0.15, -0.1) is 0 Å². The van der Waals surface area contributed by atoms with E-state index in [9.17, 15) is 0 Å². The molecule has 2 aliphatic rings. The van der Waals surface area contributed by atoms with Gasteiger partial charge in [0.15, 0.2) is 0 Å². The molecule has 174 valence electrons. The first-order valence-corrected chi connectivity index (χ1v) is 12.9. The maximum atomic E-state index is 6.26. The Morgan fingerprint density at radius 1 is 0.486 bits per heavy atom. The highest BCUT2D eigenvalue weighted by molar-refractivity contribution is 6.06. The van der Waals surface area contributed by atoms with E-state index in [1.165, 1.54) is 55.3 Å². The van der Waals surface area contributed by atoms with Crippen LogP contribution < -0.4 is 4.74 Å². The van der Waals surface area contributed by atoms with Crippen LogP contribution in [-0.4, -0.2) is 0 Å². The maximum Gasteiger partial charge on any atom is 0.135 e. The second kappa shape index (κ2) is 7.44. The van der Waals surface area contributed by atoms with E-state index in [0.717, 1.165) is 17.1 Å². The monoisotopic (exact) mass is 472 g/mol. The molecule has 1 heteroatoms. The highest BCUT2D eigenvalue weighted by Crippen LogP contribution is 2.53. The van der Waals surface area contributed by atoms with Gasteiger partial charge in [-0.05, 0) is 87.1 Å². The fourth-order valence-corrected chi connectivity index (χ4v) is 6.52. The lowest BCUT2D eigenvalue weighted by molar-refractivity contribution is 0.487. The van der Waals surface area contributed by atoms with E-state index in [2.05, 4.69) is 128 Å². The zero-order valence-electron chi connectivity index (χ0n) is 20.5. The third-order valence-corrected chi connectivity index (χ3v) is 8.33. The van der Waals surface area contributed by atoms with E-state index in [0.29, 0.717) is 0 Å². The first-order valence-electron chi connectivity index (χ1n) is 12.9. The minimum Gasteiger partial charge on any atom is -0.456 e. The van der Waals surface area contributed by atoms with Gasteiger partial charge in [0.05, 0.1) is 0 Å². The molecule has 1 unspecified atom stereocenters. The van der Waals surface area contributed by atoms with Crippen molar-refractivity contribution in [2.24, 2.45) is 0 Å². The maximum absolute atomic E-state index is 6.26. The predicted octanol–water partition coefficient (Wildman–Crippen LogP) is 9.61. The van der Waals surface area contributed by atoms with Gasteiger partial charge in [0.2, 0.25) is 0 Å². The van der Waals surface area contributed by atoms with E-state index in [-0.39, 0.29) is 5.41 Å². The lowest BCUT2D eigenvalue weighted by Gasteiger charge is -2.28. The van der Waals surface area contributed by atoms with Gasteiger partial charge in [0.1, 0.15) is 11.5 Å². The fraction of sp³-hybridized carbons (Fsp3) is 0.0556. The van der Waals surface area contributed by atoms with Crippen LogP contribution in [0.25, 0.3) is 44.2 Å². The summed E-state index contributed by atoms with van der Waals surface area (Å²) in [6, 6.07) is 46.2. The molecule has 0 aromatic heterocycles. The van der Waals surface area contributed by atoms with Crippen molar-refractivity contribution in [1.82, 2.24) is 0 Å². The lowest BCUT2D eigenvalue weighted by atomic mass is 9.74. The van der Waals surface area contributed by atoms with Gasteiger partial charge in [0.25, 0.3) is 0 Å². The van der Waals surface area contributed by atoms with Crippen molar-refractivity contribution in [1.29, 1.82) is 0 Å². The van der Waals surface area contributed by atoms with E-state index in [1.807, 2.05) is 6.07 Å². The van der Waals surface area contributed by atoms with Crippen molar-refractivity contribution in [3.05, 3.63) is 144 Å². The summed E-state index contributed by atoms with van der Waals surface area (Å²) in [7, 11) is 0. The van der Waals surface area contributed by atoms with Crippen molar-refractivity contribution in [2.75, 3.05) is 0 Å². The highest BCUT2D eigenvalue weighted by Gasteiger charge is 2.40. The first-order chi connectivity index (χ1) is 18.2. The highest BCUT2D eigenvalue weighted by atomic mass is 16.5. The van der Waals surface area contributed by atoms with Crippen LogP contribution in [0.1, 0.15) is 23.6 Å². The number of para-hydroxylation sites is 1. The molecule has 0 radical (unpaired) electrons. The minimum atomic E-state index is -0.174. The van der Waals surface area contributed by atoms with Crippen LogP contribution in [0.5, 0.6) is 11.5 Å². The molecule has 1 atom stereocenters. The van der Waals surface area contributed by atoms with Crippen LogP contribution in [0.15, 0.2) is 127 Å². The van der Waals surface area contributed by atoms with Gasteiger partial charge in [-0.3, -0.25) is 0 Å². The normalized spacial score (nSPS) is 16.6. The van der Waals surface area contributed by atoms with Crippen LogP contribution in [0.2, 0.25) is 0 Å². The summed E-state index contributed by atoms with van der Waals surface area (Å²) in [6.45, 7) is 2.37. The molecule has 1 heterocycles. The average Bonchev–Trinajstić information content (AvgIpc) is 3.22. The van der Waals surface area contributed by atoms with E-state index < -0.39 is 0 Å². The van der Waals surface area contributed by atoms with Crippen LogP contribution in [0.4, 0.5) is 0 Å². The molecule has 6 aromatic carbocycles. The molecule has 8 rings (SSSR count). The van der Waals surface area contributed by atoms with Crippen molar-refractivity contribution < 1.29 is 4.74 Å². The zero-order valence-corrected chi connectivity index (χ0v) is 20.5. The number of fused-ring (bicyclic) bond motifs is 5. The van der Waals surface area contributed by atoms with Crippen molar-refractivity contribution in [3.8, 4) is 44.9 Å². The Kier molecular flexibility index (Phi) is 4.14. The second-order valence-corrected chi connectivity index (χ2v) is 10.3. The molecule has 0 saturated heterocycles. The Morgan fingerprint density at radius 3 is 2.08 bits per heavy atom. The van der Waals surface area contributed by atoms with Crippen molar-refractivity contribution in [3.63, 3.8) is 0 Å². The molecule has 0 N–H and O–H groups in total.